The molecule has 1 N–H and O–H groups in total. The molecule has 20 heavy (non-hydrogen) atoms. The van der Waals surface area contributed by atoms with Gasteiger partial charge in [-0.2, -0.15) is 4.72 Å². The number of rotatable bonds is 6. The van der Waals surface area contributed by atoms with Crippen LogP contribution in [0.5, 0.6) is 11.5 Å². The highest BCUT2D eigenvalue weighted by Crippen LogP contribution is 2.29. The summed E-state index contributed by atoms with van der Waals surface area (Å²) in [5.41, 5.74) is -0.951. The number of terminal acetylenes is 1. The van der Waals surface area contributed by atoms with Gasteiger partial charge in [-0.1, -0.05) is 12.8 Å². The molecule has 0 saturated carbocycles. The molecule has 0 heterocycles. The van der Waals surface area contributed by atoms with E-state index in [2.05, 4.69) is 10.6 Å². The van der Waals surface area contributed by atoms with Gasteiger partial charge in [0, 0.05) is 6.07 Å². The molecule has 6 heteroatoms. The van der Waals surface area contributed by atoms with E-state index >= 15 is 0 Å². The SMILES string of the molecule is C#C[C@@](C)(CC)NS(=O)(=O)c1cc(OC)ccc1OC. The third-order valence-electron chi connectivity index (χ3n) is 3.05. The lowest BCUT2D eigenvalue weighted by atomic mass is 10.0. The van der Waals surface area contributed by atoms with Gasteiger partial charge < -0.3 is 9.47 Å². The van der Waals surface area contributed by atoms with Crippen molar-refractivity contribution >= 4 is 10.0 Å². The lowest BCUT2D eigenvalue weighted by Crippen LogP contribution is -2.44. The number of benzene rings is 1. The molecule has 1 rings (SSSR count). The summed E-state index contributed by atoms with van der Waals surface area (Å²) in [6.45, 7) is 3.46. The van der Waals surface area contributed by atoms with Gasteiger partial charge in [0.25, 0.3) is 0 Å². The van der Waals surface area contributed by atoms with Crippen molar-refractivity contribution in [3.63, 3.8) is 0 Å². The Hall–Kier alpha value is -1.71. The Kier molecular flexibility index (Phi) is 5.03. The molecule has 0 aromatic heterocycles. The maximum Gasteiger partial charge on any atom is 0.245 e. The number of hydrogen-bond donors (Lipinski definition) is 1. The predicted molar refractivity (Wildman–Crippen MR) is 77.4 cm³/mol. The second kappa shape index (κ2) is 6.16. The van der Waals surface area contributed by atoms with E-state index < -0.39 is 15.6 Å². The highest BCUT2D eigenvalue weighted by Gasteiger charge is 2.29. The second-order valence-electron chi connectivity index (χ2n) is 4.45. The van der Waals surface area contributed by atoms with Gasteiger partial charge in [-0.25, -0.2) is 8.42 Å². The van der Waals surface area contributed by atoms with E-state index in [0.29, 0.717) is 12.2 Å². The fraction of sp³-hybridized carbons (Fsp3) is 0.429. The lowest BCUT2D eigenvalue weighted by molar-refractivity contribution is 0.391. The zero-order chi connectivity index (χ0) is 15.4. The van der Waals surface area contributed by atoms with Crippen molar-refractivity contribution in [2.24, 2.45) is 0 Å². The molecule has 0 aliphatic carbocycles. The monoisotopic (exact) mass is 297 g/mol. The minimum Gasteiger partial charge on any atom is -0.497 e. The Labute approximate surface area is 120 Å². The van der Waals surface area contributed by atoms with E-state index in [1.165, 1.54) is 26.4 Å². The summed E-state index contributed by atoms with van der Waals surface area (Å²) in [5, 5.41) is 0. The first-order valence-electron chi connectivity index (χ1n) is 6.05. The van der Waals surface area contributed by atoms with Crippen LogP contribution in [0.4, 0.5) is 0 Å². The highest BCUT2D eigenvalue weighted by molar-refractivity contribution is 7.89. The molecule has 1 aromatic rings. The van der Waals surface area contributed by atoms with Crippen LogP contribution in [0.15, 0.2) is 23.1 Å². The van der Waals surface area contributed by atoms with Crippen LogP contribution in [0.1, 0.15) is 20.3 Å². The standard InChI is InChI=1S/C14H19NO4S/c1-6-14(3,7-2)15-20(16,17)13-10-11(18-4)8-9-12(13)19-5/h1,8-10,15H,7H2,2-5H3/t14-/m0/s1. The topological polar surface area (TPSA) is 64.6 Å². The van der Waals surface area contributed by atoms with Crippen LogP contribution in [-0.4, -0.2) is 28.2 Å². The maximum absolute atomic E-state index is 12.5. The fourth-order valence-corrected chi connectivity index (χ4v) is 3.14. The maximum atomic E-state index is 12.5. The number of methoxy groups -OCH3 is 2. The molecular weight excluding hydrogens is 278 g/mol. The second-order valence-corrected chi connectivity index (χ2v) is 6.10. The van der Waals surface area contributed by atoms with Crippen molar-refractivity contribution in [3.05, 3.63) is 18.2 Å². The van der Waals surface area contributed by atoms with E-state index in [0.717, 1.165) is 0 Å². The summed E-state index contributed by atoms with van der Waals surface area (Å²) in [5.74, 6) is 3.11. The first-order chi connectivity index (χ1) is 9.31. The van der Waals surface area contributed by atoms with Crippen molar-refractivity contribution in [1.82, 2.24) is 4.72 Å². The first-order valence-corrected chi connectivity index (χ1v) is 7.54. The van der Waals surface area contributed by atoms with E-state index in [1.54, 1.807) is 13.0 Å². The molecule has 0 spiro atoms. The van der Waals surface area contributed by atoms with Gasteiger partial charge in [0.1, 0.15) is 16.4 Å². The van der Waals surface area contributed by atoms with Gasteiger partial charge in [-0.15, -0.1) is 6.42 Å². The van der Waals surface area contributed by atoms with Gasteiger partial charge in [-0.05, 0) is 25.5 Å². The average Bonchev–Trinajstić information content (AvgIpc) is 2.45. The summed E-state index contributed by atoms with van der Waals surface area (Å²) < 4.78 is 37.6. The van der Waals surface area contributed by atoms with Gasteiger partial charge in [0.05, 0.1) is 19.8 Å². The van der Waals surface area contributed by atoms with Crippen LogP contribution in [0, 0.1) is 12.3 Å². The smallest absolute Gasteiger partial charge is 0.245 e. The molecular formula is C14H19NO4S. The molecule has 110 valence electrons. The Morgan fingerprint density at radius 2 is 2.00 bits per heavy atom. The molecule has 0 aliphatic rings. The third-order valence-corrected chi connectivity index (χ3v) is 4.66. The first kappa shape index (κ1) is 16.3. The van der Waals surface area contributed by atoms with Crippen LogP contribution < -0.4 is 14.2 Å². The quantitative estimate of drug-likeness (QED) is 0.813. The van der Waals surface area contributed by atoms with Crippen molar-refractivity contribution < 1.29 is 17.9 Å². The van der Waals surface area contributed by atoms with Crippen molar-refractivity contribution in [2.75, 3.05) is 14.2 Å². The van der Waals surface area contributed by atoms with Crippen LogP contribution in [0.25, 0.3) is 0 Å². The van der Waals surface area contributed by atoms with E-state index in [1.807, 2.05) is 6.92 Å². The number of sulfonamides is 1. The molecule has 0 unspecified atom stereocenters. The summed E-state index contributed by atoms with van der Waals surface area (Å²) >= 11 is 0. The van der Waals surface area contributed by atoms with Crippen molar-refractivity contribution in [3.8, 4) is 23.8 Å². The van der Waals surface area contributed by atoms with Crippen LogP contribution >= 0.6 is 0 Å². The van der Waals surface area contributed by atoms with Gasteiger partial charge in [0.2, 0.25) is 10.0 Å². The molecule has 0 saturated heterocycles. The molecule has 1 aromatic carbocycles. The van der Waals surface area contributed by atoms with E-state index in [4.69, 9.17) is 15.9 Å². The fourth-order valence-electron chi connectivity index (χ4n) is 1.55. The van der Waals surface area contributed by atoms with Gasteiger partial charge in [0.15, 0.2) is 0 Å². The molecule has 1 atom stereocenters. The van der Waals surface area contributed by atoms with Crippen molar-refractivity contribution in [2.45, 2.75) is 30.7 Å². The van der Waals surface area contributed by atoms with Crippen LogP contribution in [-0.2, 0) is 10.0 Å². The minimum absolute atomic E-state index is 0.00530. The molecule has 0 bridgehead atoms. The van der Waals surface area contributed by atoms with Crippen LogP contribution in [0.3, 0.4) is 0 Å². The van der Waals surface area contributed by atoms with Crippen molar-refractivity contribution in [1.29, 1.82) is 0 Å². The van der Waals surface area contributed by atoms with E-state index in [-0.39, 0.29) is 10.6 Å². The highest BCUT2D eigenvalue weighted by atomic mass is 32.2. The molecule has 5 nitrogen and oxygen atoms in total. The minimum atomic E-state index is -3.81. The third kappa shape index (κ3) is 3.44. The zero-order valence-electron chi connectivity index (χ0n) is 12.1. The van der Waals surface area contributed by atoms with Gasteiger partial charge in [-0.3, -0.25) is 0 Å². The molecule has 0 radical (unpaired) electrons. The Bertz CT molecular complexity index is 619. The summed E-state index contributed by atoms with van der Waals surface area (Å²) in [4.78, 5) is -0.00530. The van der Waals surface area contributed by atoms with Crippen LogP contribution in [0.2, 0.25) is 0 Å². The number of nitrogens with one attached hydrogen (secondary N) is 1. The Morgan fingerprint density at radius 1 is 1.35 bits per heavy atom. The molecule has 0 amide bonds. The van der Waals surface area contributed by atoms with Gasteiger partial charge >= 0.3 is 0 Å². The zero-order valence-corrected chi connectivity index (χ0v) is 12.9. The molecule has 0 aliphatic heterocycles. The summed E-state index contributed by atoms with van der Waals surface area (Å²) in [6.07, 6.45) is 5.86. The molecule has 0 fully saturated rings. The lowest BCUT2D eigenvalue weighted by Gasteiger charge is -2.23. The normalized spacial score (nSPS) is 14.2. The average molecular weight is 297 g/mol. The summed E-state index contributed by atoms with van der Waals surface area (Å²) in [7, 11) is -0.950. The summed E-state index contributed by atoms with van der Waals surface area (Å²) in [6, 6.07) is 4.55. The number of hydrogen-bond acceptors (Lipinski definition) is 4. The largest absolute Gasteiger partial charge is 0.497 e. The van der Waals surface area contributed by atoms with E-state index in [9.17, 15) is 8.42 Å². The predicted octanol–water partition coefficient (Wildman–Crippen LogP) is 1.78. The number of ether oxygens (including phenoxy) is 2. The Morgan fingerprint density at radius 3 is 2.45 bits per heavy atom. The Balaban J connectivity index is 3.32.